The number of methoxy groups -OCH3 is 1. The van der Waals surface area contributed by atoms with Gasteiger partial charge in [-0.15, -0.1) is 0 Å². The van der Waals surface area contributed by atoms with Crippen LogP contribution in [0.3, 0.4) is 0 Å². The Kier molecular flexibility index (Phi) is 5.93. The molecule has 0 bridgehead atoms. The normalized spacial score (nSPS) is 14.1. The van der Waals surface area contributed by atoms with E-state index in [1.807, 2.05) is 17.0 Å². The van der Waals surface area contributed by atoms with Crippen LogP contribution in [0.1, 0.15) is 32.3 Å². The number of amides is 1. The number of fused-ring (bicyclic) bond motifs is 1. The average Bonchev–Trinajstić information content (AvgIpc) is 2.67. The standard InChI is InChI=1S/C21H26N2O4S/c1-15(2)11-12-23-20-9-8-17(13-16(20)7-10-21(23)24)22-28(25,26)19-6-4-5-18(14-19)27-3/h4-6,8-9,13-15,22H,7,10-12H2,1-3H3. The Balaban J connectivity index is 1.84. The minimum atomic E-state index is -3.73. The zero-order valence-corrected chi connectivity index (χ0v) is 17.3. The van der Waals surface area contributed by atoms with Crippen LogP contribution in [-0.4, -0.2) is 28.0 Å². The summed E-state index contributed by atoms with van der Waals surface area (Å²) in [6, 6.07) is 11.7. The Morgan fingerprint density at radius 1 is 1.14 bits per heavy atom. The van der Waals surface area contributed by atoms with Crippen LogP contribution in [-0.2, 0) is 21.2 Å². The third kappa shape index (κ3) is 4.47. The fourth-order valence-corrected chi connectivity index (χ4v) is 4.32. The largest absolute Gasteiger partial charge is 0.497 e. The van der Waals surface area contributed by atoms with E-state index in [1.165, 1.54) is 19.2 Å². The van der Waals surface area contributed by atoms with Crippen molar-refractivity contribution in [2.24, 2.45) is 5.92 Å². The molecule has 0 aromatic heterocycles. The number of sulfonamides is 1. The highest BCUT2D eigenvalue weighted by Crippen LogP contribution is 2.31. The summed E-state index contributed by atoms with van der Waals surface area (Å²) < 4.78 is 33.1. The first kappa shape index (κ1) is 20.2. The summed E-state index contributed by atoms with van der Waals surface area (Å²) in [5.41, 5.74) is 2.34. The monoisotopic (exact) mass is 402 g/mol. The van der Waals surface area contributed by atoms with Gasteiger partial charge in [-0.25, -0.2) is 8.42 Å². The van der Waals surface area contributed by atoms with E-state index < -0.39 is 10.0 Å². The molecule has 1 heterocycles. The third-order valence-electron chi connectivity index (χ3n) is 4.81. The number of hydrogen-bond donors (Lipinski definition) is 1. The molecule has 2 aromatic carbocycles. The van der Waals surface area contributed by atoms with Crippen molar-refractivity contribution in [3.63, 3.8) is 0 Å². The second kappa shape index (κ2) is 8.22. The number of nitrogens with zero attached hydrogens (tertiary/aromatic N) is 1. The molecule has 0 atom stereocenters. The van der Waals surface area contributed by atoms with Gasteiger partial charge in [0.05, 0.1) is 12.0 Å². The summed E-state index contributed by atoms with van der Waals surface area (Å²) in [6.45, 7) is 4.94. The van der Waals surface area contributed by atoms with Crippen LogP contribution in [0.25, 0.3) is 0 Å². The molecule has 0 radical (unpaired) electrons. The van der Waals surface area contributed by atoms with E-state index in [4.69, 9.17) is 4.74 Å². The second-order valence-electron chi connectivity index (χ2n) is 7.36. The Labute approximate surface area is 166 Å². The van der Waals surface area contributed by atoms with Crippen LogP contribution in [0.4, 0.5) is 11.4 Å². The van der Waals surface area contributed by atoms with Crippen molar-refractivity contribution in [1.82, 2.24) is 0 Å². The van der Waals surface area contributed by atoms with E-state index in [9.17, 15) is 13.2 Å². The van der Waals surface area contributed by atoms with Gasteiger partial charge in [-0.05, 0) is 54.7 Å². The topological polar surface area (TPSA) is 75.7 Å². The lowest BCUT2D eigenvalue weighted by Crippen LogP contribution is -2.36. The van der Waals surface area contributed by atoms with Gasteiger partial charge in [0, 0.05) is 30.4 Å². The molecule has 7 heteroatoms. The molecule has 0 spiro atoms. The number of aryl methyl sites for hydroxylation is 1. The first-order chi connectivity index (χ1) is 13.3. The number of benzene rings is 2. The fraction of sp³-hybridized carbons (Fsp3) is 0.381. The lowest BCUT2D eigenvalue weighted by molar-refractivity contribution is -0.118. The molecule has 3 rings (SSSR count). The van der Waals surface area contributed by atoms with E-state index in [0.717, 1.165) is 17.7 Å². The number of rotatable bonds is 7. The summed E-state index contributed by atoms with van der Waals surface area (Å²) in [6.07, 6.45) is 1.98. The van der Waals surface area contributed by atoms with Crippen LogP contribution in [0, 0.1) is 5.92 Å². The van der Waals surface area contributed by atoms with Crippen LogP contribution in [0.2, 0.25) is 0 Å². The second-order valence-corrected chi connectivity index (χ2v) is 9.04. The van der Waals surface area contributed by atoms with Gasteiger partial charge >= 0.3 is 0 Å². The molecule has 28 heavy (non-hydrogen) atoms. The van der Waals surface area contributed by atoms with Crippen LogP contribution in [0.5, 0.6) is 5.75 Å². The minimum absolute atomic E-state index is 0.123. The quantitative estimate of drug-likeness (QED) is 0.764. The Morgan fingerprint density at radius 2 is 1.93 bits per heavy atom. The molecule has 1 amide bonds. The van der Waals surface area contributed by atoms with Crippen molar-refractivity contribution in [3.05, 3.63) is 48.0 Å². The summed E-state index contributed by atoms with van der Waals surface area (Å²) in [5, 5.41) is 0. The first-order valence-corrected chi connectivity index (χ1v) is 10.9. The van der Waals surface area contributed by atoms with E-state index in [-0.39, 0.29) is 10.8 Å². The maximum absolute atomic E-state index is 12.7. The maximum Gasteiger partial charge on any atom is 0.262 e. The average molecular weight is 403 g/mol. The third-order valence-corrected chi connectivity index (χ3v) is 6.19. The van der Waals surface area contributed by atoms with Gasteiger partial charge in [0.25, 0.3) is 10.0 Å². The van der Waals surface area contributed by atoms with E-state index in [0.29, 0.717) is 36.7 Å². The fourth-order valence-electron chi connectivity index (χ4n) is 3.24. The highest BCUT2D eigenvalue weighted by molar-refractivity contribution is 7.92. The molecule has 1 aliphatic heterocycles. The summed E-state index contributed by atoms with van der Waals surface area (Å²) in [4.78, 5) is 14.3. The predicted octanol–water partition coefficient (Wildman–Crippen LogP) is 3.82. The maximum atomic E-state index is 12.7. The summed E-state index contributed by atoms with van der Waals surface area (Å²) in [5.74, 6) is 1.11. The number of hydrogen-bond acceptors (Lipinski definition) is 4. The van der Waals surface area contributed by atoms with Gasteiger partial charge in [0.15, 0.2) is 0 Å². The van der Waals surface area contributed by atoms with Gasteiger partial charge in [-0.1, -0.05) is 19.9 Å². The molecular formula is C21H26N2O4S. The van der Waals surface area contributed by atoms with Gasteiger partial charge < -0.3 is 9.64 Å². The molecule has 1 aliphatic rings. The highest BCUT2D eigenvalue weighted by Gasteiger charge is 2.25. The predicted molar refractivity (Wildman–Crippen MR) is 110 cm³/mol. The molecule has 0 saturated heterocycles. The van der Waals surface area contributed by atoms with Crippen molar-refractivity contribution in [1.29, 1.82) is 0 Å². The van der Waals surface area contributed by atoms with E-state index in [2.05, 4.69) is 18.6 Å². The lowest BCUT2D eigenvalue weighted by atomic mass is 9.99. The molecular weight excluding hydrogens is 376 g/mol. The van der Waals surface area contributed by atoms with Crippen molar-refractivity contribution >= 4 is 27.3 Å². The van der Waals surface area contributed by atoms with Gasteiger partial charge in [-0.3, -0.25) is 9.52 Å². The van der Waals surface area contributed by atoms with Crippen LogP contribution in [0.15, 0.2) is 47.4 Å². The number of nitrogens with one attached hydrogen (secondary N) is 1. The van der Waals surface area contributed by atoms with E-state index >= 15 is 0 Å². The molecule has 1 N–H and O–H groups in total. The SMILES string of the molecule is COc1cccc(S(=O)(=O)Nc2ccc3c(c2)CCC(=O)N3CCC(C)C)c1. The number of carbonyl (C=O) groups is 1. The van der Waals surface area contributed by atoms with Gasteiger partial charge in [0.1, 0.15) is 5.75 Å². The number of carbonyl (C=O) groups excluding carboxylic acids is 1. The highest BCUT2D eigenvalue weighted by atomic mass is 32.2. The smallest absolute Gasteiger partial charge is 0.262 e. The van der Waals surface area contributed by atoms with Crippen LogP contribution >= 0.6 is 0 Å². The van der Waals surface area contributed by atoms with E-state index in [1.54, 1.807) is 18.2 Å². The zero-order valence-electron chi connectivity index (χ0n) is 16.4. The van der Waals surface area contributed by atoms with Gasteiger partial charge in [0.2, 0.25) is 5.91 Å². The summed E-state index contributed by atoms with van der Waals surface area (Å²) >= 11 is 0. The molecule has 0 aliphatic carbocycles. The van der Waals surface area contributed by atoms with Crippen molar-refractivity contribution in [2.45, 2.75) is 38.0 Å². The lowest BCUT2D eigenvalue weighted by Gasteiger charge is -2.30. The van der Waals surface area contributed by atoms with Gasteiger partial charge in [-0.2, -0.15) is 0 Å². The van der Waals surface area contributed by atoms with Crippen molar-refractivity contribution < 1.29 is 17.9 Å². The molecule has 0 unspecified atom stereocenters. The summed E-state index contributed by atoms with van der Waals surface area (Å²) in [7, 11) is -2.23. The number of anilines is 2. The van der Waals surface area contributed by atoms with Crippen molar-refractivity contribution in [3.8, 4) is 5.75 Å². The minimum Gasteiger partial charge on any atom is -0.497 e. The first-order valence-electron chi connectivity index (χ1n) is 9.40. The molecule has 0 saturated carbocycles. The zero-order chi connectivity index (χ0) is 20.3. The molecule has 2 aromatic rings. The van der Waals surface area contributed by atoms with Crippen molar-refractivity contribution in [2.75, 3.05) is 23.3 Å². The Bertz CT molecular complexity index is 970. The molecule has 6 nitrogen and oxygen atoms in total. The Hall–Kier alpha value is -2.54. The molecule has 0 fully saturated rings. The number of ether oxygens (including phenoxy) is 1. The van der Waals surface area contributed by atoms with Crippen LogP contribution < -0.4 is 14.4 Å². The Morgan fingerprint density at radius 3 is 2.64 bits per heavy atom. The molecule has 150 valence electrons.